The lowest BCUT2D eigenvalue weighted by atomic mass is 10.1. The third kappa shape index (κ3) is 4.94. The average molecular weight is 377 g/mol. The molecule has 0 N–H and O–H groups in total. The molecule has 6 nitrogen and oxygen atoms in total. The molecule has 0 atom stereocenters. The van der Waals surface area contributed by atoms with Gasteiger partial charge in [-0.2, -0.15) is 0 Å². The second kappa shape index (κ2) is 8.98. The van der Waals surface area contributed by atoms with E-state index < -0.39 is 4.92 Å². The van der Waals surface area contributed by atoms with Crippen LogP contribution in [0.25, 0.3) is 0 Å². The Morgan fingerprint density at radius 1 is 1.15 bits per heavy atom. The summed E-state index contributed by atoms with van der Waals surface area (Å²) in [7, 11) is 0. The van der Waals surface area contributed by atoms with Gasteiger partial charge in [0.25, 0.3) is 0 Å². The summed E-state index contributed by atoms with van der Waals surface area (Å²) in [6.45, 7) is 4.42. The summed E-state index contributed by atoms with van der Waals surface area (Å²) in [5, 5.41) is 11.9. The van der Waals surface area contributed by atoms with Crippen LogP contribution in [0.15, 0.2) is 42.5 Å². The van der Waals surface area contributed by atoms with E-state index in [0.717, 1.165) is 51.3 Å². The van der Waals surface area contributed by atoms with Crippen LogP contribution in [-0.4, -0.2) is 42.7 Å². The normalized spacial score (nSPS) is 15.0. The van der Waals surface area contributed by atoms with Crippen LogP contribution in [0.5, 0.6) is 11.5 Å². The Morgan fingerprint density at radius 3 is 2.65 bits per heavy atom. The van der Waals surface area contributed by atoms with Crippen molar-refractivity contribution in [3.63, 3.8) is 0 Å². The zero-order chi connectivity index (χ0) is 18.4. The fraction of sp³-hybridized carbons (Fsp3) is 0.368. The van der Waals surface area contributed by atoms with Crippen molar-refractivity contribution in [2.24, 2.45) is 0 Å². The van der Waals surface area contributed by atoms with Gasteiger partial charge in [0.15, 0.2) is 0 Å². The number of benzene rings is 2. The van der Waals surface area contributed by atoms with Gasteiger partial charge in [-0.1, -0.05) is 29.8 Å². The third-order valence-corrected chi connectivity index (χ3v) is 4.63. The zero-order valence-corrected chi connectivity index (χ0v) is 15.2. The van der Waals surface area contributed by atoms with E-state index in [1.165, 1.54) is 0 Å². The second-order valence-corrected chi connectivity index (χ2v) is 6.56. The molecule has 2 aromatic carbocycles. The molecule has 1 fully saturated rings. The molecule has 7 heteroatoms. The van der Waals surface area contributed by atoms with Crippen LogP contribution in [0, 0.1) is 10.1 Å². The SMILES string of the molecule is O=[N+]([O-])c1cc(CCCN2CCOCC2)ccc1Oc1ccccc1Cl. The van der Waals surface area contributed by atoms with Crippen molar-refractivity contribution in [3.8, 4) is 11.5 Å². The fourth-order valence-electron chi connectivity index (χ4n) is 2.92. The van der Waals surface area contributed by atoms with Crippen LogP contribution < -0.4 is 4.74 Å². The van der Waals surface area contributed by atoms with Crippen molar-refractivity contribution in [1.82, 2.24) is 4.90 Å². The smallest absolute Gasteiger partial charge is 0.311 e. The van der Waals surface area contributed by atoms with Crippen LogP contribution in [-0.2, 0) is 11.2 Å². The molecule has 0 spiro atoms. The minimum atomic E-state index is -0.419. The largest absolute Gasteiger partial charge is 0.449 e. The van der Waals surface area contributed by atoms with Crippen molar-refractivity contribution in [2.75, 3.05) is 32.8 Å². The fourth-order valence-corrected chi connectivity index (χ4v) is 3.10. The molecule has 0 aliphatic carbocycles. The first-order valence-corrected chi connectivity index (χ1v) is 9.01. The number of aryl methyl sites for hydroxylation is 1. The maximum atomic E-state index is 11.4. The Morgan fingerprint density at radius 2 is 1.92 bits per heavy atom. The molecule has 1 heterocycles. The van der Waals surface area contributed by atoms with Gasteiger partial charge in [-0.25, -0.2) is 0 Å². The molecule has 0 saturated carbocycles. The highest BCUT2D eigenvalue weighted by molar-refractivity contribution is 6.32. The number of halogens is 1. The topological polar surface area (TPSA) is 64.8 Å². The van der Waals surface area contributed by atoms with E-state index >= 15 is 0 Å². The number of nitro groups is 1. The van der Waals surface area contributed by atoms with E-state index in [-0.39, 0.29) is 11.4 Å². The average Bonchev–Trinajstić information content (AvgIpc) is 2.65. The molecule has 1 aliphatic rings. The maximum absolute atomic E-state index is 11.4. The number of morpholine rings is 1. The Hall–Kier alpha value is -2.15. The molecule has 1 saturated heterocycles. The van der Waals surface area contributed by atoms with E-state index in [4.69, 9.17) is 21.1 Å². The van der Waals surface area contributed by atoms with Gasteiger partial charge < -0.3 is 9.47 Å². The van der Waals surface area contributed by atoms with E-state index in [1.54, 1.807) is 36.4 Å². The lowest BCUT2D eigenvalue weighted by molar-refractivity contribution is -0.385. The molecule has 1 aliphatic heterocycles. The van der Waals surface area contributed by atoms with Crippen LogP contribution in [0.3, 0.4) is 0 Å². The quantitative estimate of drug-likeness (QED) is 0.532. The first kappa shape index (κ1) is 18.6. The van der Waals surface area contributed by atoms with E-state index in [2.05, 4.69) is 4.90 Å². The van der Waals surface area contributed by atoms with Gasteiger partial charge in [0.1, 0.15) is 5.75 Å². The van der Waals surface area contributed by atoms with Gasteiger partial charge in [-0.3, -0.25) is 15.0 Å². The summed E-state index contributed by atoms with van der Waals surface area (Å²) in [4.78, 5) is 13.4. The van der Waals surface area contributed by atoms with E-state index in [0.29, 0.717) is 10.8 Å². The van der Waals surface area contributed by atoms with Gasteiger partial charge in [0.05, 0.1) is 23.2 Å². The number of hydrogen-bond acceptors (Lipinski definition) is 5. The predicted molar refractivity (Wildman–Crippen MR) is 100 cm³/mol. The van der Waals surface area contributed by atoms with Crippen molar-refractivity contribution >= 4 is 17.3 Å². The molecule has 0 bridgehead atoms. The van der Waals surface area contributed by atoms with E-state index in [1.807, 2.05) is 6.07 Å². The Kier molecular flexibility index (Phi) is 6.44. The van der Waals surface area contributed by atoms with Gasteiger partial charge in [-0.05, 0) is 43.1 Å². The number of hydrogen-bond donors (Lipinski definition) is 0. The van der Waals surface area contributed by atoms with Crippen molar-refractivity contribution < 1.29 is 14.4 Å². The molecular weight excluding hydrogens is 356 g/mol. The summed E-state index contributed by atoms with van der Waals surface area (Å²) in [6.07, 6.45) is 1.73. The molecule has 2 aromatic rings. The number of rotatable bonds is 7. The Labute approximate surface area is 157 Å². The Bertz CT molecular complexity index is 763. The second-order valence-electron chi connectivity index (χ2n) is 6.15. The highest BCUT2D eigenvalue weighted by Crippen LogP contribution is 2.35. The molecule has 26 heavy (non-hydrogen) atoms. The zero-order valence-electron chi connectivity index (χ0n) is 14.4. The monoisotopic (exact) mass is 376 g/mol. The molecule has 0 aromatic heterocycles. The summed E-state index contributed by atoms with van der Waals surface area (Å²) >= 11 is 6.07. The van der Waals surface area contributed by atoms with Gasteiger partial charge in [0, 0.05) is 19.2 Å². The van der Waals surface area contributed by atoms with Crippen LogP contribution in [0.4, 0.5) is 5.69 Å². The first-order chi connectivity index (χ1) is 12.6. The minimum Gasteiger partial charge on any atom is -0.449 e. The highest BCUT2D eigenvalue weighted by Gasteiger charge is 2.18. The van der Waals surface area contributed by atoms with Crippen molar-refractivity contribution in [3.05, 3.63) is 63.2 Å². The highest BCUT2D eigenvalue weighted by atomic mass is 35.5. The minimum absolute atomic E-state index is 0.0474. The summed E-state index contributed by atoms with van der Waals surface area (Å²) < 4.78 is 11.0. The van der Waals surface area contributed by atoms with Crippen molar-refractivity contribution in [1.29, 1.82) is 0 Å². The molecule has 3 rings (SSSR count). The molecule has 0 unspecified atom stereocenters. The summed E-state index contributed by atoms with van der Waals surface area (Å²) in [5.41, 5.74) is 0.880. The van der Waals surface area contributed by atoms with Crippen LogP contribution >= 0.6 is 11.6 Å². The molecule has 0 amide bonds. The number of nitro benzene ring substituents is 1. The first-order valence-electron chi connectivity index (χ1n) is 8.63. The lowest BCUT2D eigenvalue weighted by Crippen LogP contribution is -2.36. The third-order valence-electron chi connectivity index (χ3n) is 4.32. The number of nitrogens with zero attached hydrogens (tertiary/aromatic N) is 2. The molecule has 0 radical (unpaired) electrons. The summed E-state index contributed by atoms with van der Waals surface area (Å²) in [6, 6.07) is 12.0. The maximum Gasteiger partial charge on any atom is 0.311 e. The number of ether oxygens (including phenoxy) is 2. The van der Waals surface area contributed by atoms with Crippen LogP contribution in [0.1, 0.15) is 12.0 Å². The summed E-state index contributed by atoms with van der Waals surface area (Å²) in [5.74, 6) is 0.595. The van der Waals surface area contributed by atoms with Gasteiger partial charge in [-0.15, -0.1) is 0 Å². The Balaban J connectivity index is 1.66. The van der Waals surface area contributed by atoms with Crippen molar-refractivity contribution in [2.45, 2.75) is 12.8 Å². The van der Waals surface area contributed by atoms with Crippen LogP contribution in [0.2, 0.25) is 5.02 Å². The number of para-hydroxylation sites is 1. The lowest BCUT2D eigenvalue weighted by Gasteiger charge is -2.26. The van der Waals surface area contributed by atoms with Gasteiger partial charge in [0.2, 0.25) is 5.75 Å². The predicted octanol–water partition coefficient (Wildman–Crippen LogP) is 4.31. The molecule has 138 valence electrons. The van der Waals surface area contributed by atoms with Gasteiger partial charge >= 0.3 is 5.69 Å². The molecular formula is C19H21ClN2O4. The van der Waals surface area contributed by atoms with E-state index in [9.17, 15) is 10.1 Å². The standard InChI is InChI=1S/C19H21ClN2O4/c20-16-5-1-2-6-18(16)26-19-8-7-15(14-17(19)22(23)24)4-3-9-21-10-12-25-13-11-21/h1-2,5-8,14H,3-4,9-13H2.